The Morgan fingerprint density at radius 3 is 3.25 bits per heavy atom. The zero-order chi connectivity index (χ0) is 16.5. The number of pyridine rings is 1. The molecule has 128 valence electrons. The number of anilines is 1. The highest BCUT2D eigenvalue weighted by atomic mass is 16.5. The number of fused-ring (bicyclic) bond motifs is 3. The van der Waals surface area contributed by atoms with Crippen molar-refractivity contribution in [2.24, 2.45) is 0 Å². The molecule has 0 radical (unpaired) electrons. The van der Waals surface area contributed by atoms with Crippen molar-refractivity contribution in [3.63, 3.8) is 0 Å². The van der Waals surface area contributed by atoms with Crippen molar-refractivity contribution >= 4 is 22.8 Å². The number of aromatic nitrogens is 3. The van der Waals surface area contributed by atoms with Gasteiger partial charge < -0.3 is 19.9 Å². The fraction of sp³-hybridized carbons (Fsp3) is 0.588. The lowest BCUT2D eigenvalue weighted by Gasteiger charge is -2.31. The summed E-state index contributed by atoms with van der Waals surface area (Å²) in [6, 6.07) is 0.570. The van der Waals surface area contributed by atoms with Gasteiger partial charge in [0.25, 0.3) is 0 Å². The maximum Gasteiger partial charge on any atom is 0.246 e. The largest absolute Gasteiger partial charge is 0.375 e. The fourth-order valence-corrected chi connectivity index (χ4v) is 4.02. The summed E-state index contributed by atoms with van der Waals surface area (Å²) in [6.07, 6.45) is 8.97. The molecule has 1 saturated carbocycles. The third-order valence-corrected chi connectivity index (χ3v) is 5.06. The van der Waals surface area contributed by atoms with Crippen molar-refractivity contribution < 1.29 is 9.53 Å². The van der Waals surface area contributed by atoms with Gasteiger partial charge in [-0.25, -0.2) is 9.97 Å². The molecule has 24 heavy (non-hydrogen) atoms. The molecule has 2 aromatic heterocycles. The van der Waals surface area contributed by atoms with Gasteiger partial charge >= 0.3 is 0 Å². The first-order valence-electron chi connectivity index (χ1n) is 8.63. The summed E-state index contributed by atoms with van der Waals surface area (Å²) in [5.41, 5.74) is 3.44. The number of hydrogen-bond donors (Lipinski definition) is 2. The topological polar surface area (TPSA) is 81.1 Å². The minimum absolute atomic E-state index is 0.0343. The van der Waals surface area contributed by atoms with E-state index in [2.05, 4.69) is 25.2 Å². The maximum absolute atomic E-state index is 11.8. The van der Waals surface area contributed by atoms with Gasteiger partial charge in [-0.15, -0.1) is 0 Å². The maximum atomic E-state index is 11.8. The average molecular weight is 329 g/mol. The molecule has 0 spiro atoms. The van der Waals surface area contributed by atoms with Crippen molar-refractivity contribution in [1.29, 1.82) is 0 Å². The molecule has 2 atom stereocenters. The third kappa shape index (κ3) is 2.73. The van der Waals surface area contributed by atoms with E-state index in [9.17, 15) is 4.79 Å². The van der Waals surface area contributed by atoms with Gasteiger partial charge in [-0.05, 0) is 32.1 Å². The number of carbonyl (C=O) groups is 1. The summed E-state index contributed by atoms with van der Waals surface area (Å²) in [4.78, 5) is 20.8. The third-order valence-electron chi connectivity index (χ3n) is 5.06. The predicted octanol–water partition coefficient (Wildman–Crippen LogP) is 1.65. The molecule has 2 unspecified atom stereocenters. The van der Waals surface area contributed by atoms with Gasteiger partial charge in [0.15, 0.2) is 0 Å². The van der Waals surface area contributed by atoms with Crippen LogP contribution in [0.3, 0.4) is 0 Å². The number of rotatable bonds is 4. The highest BCUT2D eigenvalue weighted by molar-refractivity contribution is 5.83. The average Bonchev–Trinajstić information content (AvgIpc) is 3.21. The number of amides is 1. The summed E-state index contributed by atoms with van der Waals surface area (Å²) in [6.45, 7) is 1.06. The molecule has 7 nitrogen and oxygen atoms in total. The van der Waals surface area contributed by atoms with Crippen LogP contribution in [0.25, 0.3) is 11.0 Å². The Balaban J connectivity index is 1.58. The van der Waals surface area contributed by atoms with E-state index in [-0.39, 0.29) is 18.6 Å². The highest BCUT2D eigenvalue weighted by Gasteiger charge is 2.27. The van der Waals surface area contributed by atoms with Crippen LogP contribution in [-0.2, 0) is 16.0 Å². The lowest BCUT2D eigenvalue weighted by Crippen LogP contribution is -2.40. The van der Waals surface area contributed by atoms with Crippen molar-refractivity contribution in [2.45, 2.75) is 44.2 Å². The molecule has 1 fully saturated rings. The number of ether oxygens (including phenoxy) is 1. The Morgan fingerprint density at radius 1 is 1.46 bits per heavy atom. The SMILES string of the molecule is COCC(=O)NC1CCCC(n2cnc3cnc4c(c32)CCN4)C1. The van der Waals surface area contributed by atoms with Gasteiger partial charge in [0.2, 0.25) is 5.91 Å². The summed E-state index contributed by atoms with van der Waals surface area (Å²) < 4.78 is 7.21. The molecule has 2 aliphatic rings. The molecule has 0 bridgehead atoms. The summed E-state index contributed by atoms with van der Waals surface area (Å²) in [5.74, 6) is 0.956. The molecular weight excluding hydrogens is 306 g/mol. The van der Waals surface area contributed by atoms with Crippen LogP contribution in [0.1, 0.15) is 37.3 Å². The summed E-state index contributed by atoms with van der Waals surface area (Å²) >= 11 is 0. The number of hydrogen-bond acceptors (Lipinski definition) is 5. The lowest BCUT2D eigenvalue weighted by atomic mass is 9.90. The zero-order valence-electron chi connectivity index (χ0n) is 13.9. The van der Waals surface area contributed by atoms with E-state index in [0.717, 1.165) is 50.0 Å². The van der Waals surface area contributed by atoms with Gasteiger partial charge in [-0.1, -0.05) is 0 Å². The second kappa shape index (κ2) is 6.39. The zero-order valence-corrected chi connectivity index (χ0v) is 13.9. The molecule has 3 heterocycles. The van der Waals surface area contributed by atoms with Gasteiger partial charge in [0, 0.05) is 31.3 Å². The lowest BCUT2D eigenvalue weighted by molar-refractivity contribution is -0.125. The first kappa shape index (κ1) is 15.4. The second-order valence-electron chi connectivity index (χ2n) is 6.67. The molecular formula is C17H23N5O2. The standard InChI is InChI=1S/C17H23N5O2/c1-24-9-15(23)21-11-3-2-4-12(7-11)22-10-20-14-8-19-17-13(16(14)22)5-6-18-17/h8,10-12H,2-7,9H2,1H3,(H,18,19)(H,21,23). The normalized spacial score (nSPS) is 23.0. The van der Waals surface area contributed by atoms with Crippen LogP contribution in [0.4, 0.5) is 5.82 Å². The Morgan fingerprint density at radius 2 is 2.38 bits per heavy atom. The van der Waals surface area contributed by atoms with Crippen LogP contribution in [0.5, 0.6) is 0 Å². The van der Waals surface area contributed by atoms with Crippen molar-refractivity contribution in [3.8, 4) is 0 Å². The van der Waals surface area contributed by atoms with Crippen molar-refractivity contribution in [3.05, 3.63) is 18.1 Å². The monoisotopic (exact) mass is 329 g/mol. The Kier molecular flexibility index (Phi) is 4.10. The molecule has 0 aromatic carbocycles. The van der Waals surface area contributed by atoms with E-state index in [0.29, 0.717) is 6.04 Å². The Bertz CT molecular complexity index is 757. The van der Waals surface area contributed by atoms with Crippen LogP contribution >= 0.6 is 0 Å². The van der Waals surface area contributed by atoms with Gasteiger partial charge in [-0.3, -0.25) is 4.79 Å². The molecule has 1 aliphatic carbocycles. The van der Waals surface area contributed by atoms with Gasteiger partial charge in [-0.2, -0.15) is 0 Å². The Hall–Kier alpha value is -2.15. The van der Waals surface area contributed by atoms with Crippen molar-refractivity contribution in [1.82, 2.24) is 19.9 Å². The summed E-state index contributed by atoms with van der Waals surface area (Å²) in [5, 5.41) is 6.43. The molecule has 2 N–H and O–H groups in total. The Labute approximate surface area is 140 Å². The number of nitrogens with one attached hydrogen (secondary N) is 2. The number of methoxy groups -OCH3 is 1. The molecule has 7 heteroatoms. The van der Waals surface area contributed by atoms with E-state index in [1.807, 2.05) is 12.5 Å². The van der Waals surface area contributed by atoms with E-state index >= 15 is 0 Å². The highest BCUT2D eigenvalue weighted by Crippen LogP contribution is 2.34. The molecule has 4 rings (SSSR count). The fourth-order valence-electron chi connectivity index (χ4n) is 4.02. The van der Waals surface area contributed by atoms with Crippen molar-refractivity contribution in [2.75, 3.05) is 25.6 Å². The number of carbonyl (C=O) groups excluding carboxylic acids is 1. The minimum atomic E-state index is -0.0343. The van der Waals surface area contributed by atoms with Crippen LogP contribution in [0.2, 0.25) is 0 Å². The number of imidazole rings is 1. The van der Waals surface area contributed by atoms with E-state index in [1.165, 1.54) is 11.1 Å². The predicted molar refractivity (Wildman–Crippen MR) is 91.0 cm³/mol. The second-order valence-corrected chi connectivity index (χ2v) is 6.67. The van der Waals surface area contributed by atoms with E-state index in [1.54, 1.807) is 7.11 Å². The van der Waals surface area contributed by atoms with Crippen LogP contribution in [0.15, 0.2) is 12.5 Å². The van der Waals surface area contributed by atoms with Crippen LogP contribution < -0.4 is 10.6 Å². The first-order chi connectivity index (χ1) is 11.8. The van der Waals surface area contributed by atoms with Crippen LogP contribution in [-0.4, -0.2) is 46.7 Å². The van der Waals surface area contributed by atoms with Gasteiger partial charge in [0.1, 0.15) is 17.9 Å². The first-order valence-corrected chi connectivity index (χ1v) is 8.63. The van der Waals surface area contributed by atoms with E-state index in [4.69, 9.17) is 4.74 Å². The summed E-state index contributed by atoms with van der Waals surface area (Å²) in [7, 11) is 1.55. The number of nitrogens with zero attached hydrogens (tertiary/aromatic N) is 3. The molecule has 0 saturated heterocycles. The van der Waals surface area contributed by atoms with E-state index < -0.39 is 0 Å². The smallest absolute Gasteiger partial charge is 0.246 e. The van der Waals surface area contributed by atoms with Crippen LogP contribution in [0, 0.1) is 0 Å². The minimum Gasteiger partial charge on any atom is -0.375 e. The molecule has 1 amide bonds. The van der Waals surface area contributed by atoms with Gasteiger partial charge in [0.05, 0.1) is 18.0 Å². The quantitative estimate of drug-likeness (QED) is 0.891. The molecule has 1 aliphatic heterocycles. The molecule has 2 aromatic rings.